The van der Waals surface area contributed by atoms with Crippen LogP contribution in [-0.4, -0.2) is 27.6 Å². The topological polar surface area (TPSA) is 62.7 Å². The van der Waals surface area contributed by atoms with Gasteiger partial charge in [0.1, 0.15) is 0 Å². The average Bonchev–Trinajstić information content (AvgIpc) is 2.66. The van der Waals surface area contributed by atoms with E-state index in [0.29, 0.717) is 5.65 Å². The Morgan fingerprint density at radius 3 is 3.19 bits per heavy atom. The minimum atomic E-state index is -0.109. The average molecular weight is 216 g/mol. The van der Waals surface area contributed by atoms with Crippen molar-refractivity contribution in [2.75, 3.05) is 13.1 Å². The Morgan fingerprint density at radius 1 is 1.44 bits per heavy atom. The third-order valence-corrected chi connectivity index (χ3v) is 2.78. The predicted molar refractivity (Wildman–Crippen MR) is 62.1 cm³/mol. The van der Waals surface area contributed by atoms with Crippen molar-refractivity contribution in [3.05, 3.63) is 34.9 Å². The number of aromatic amines is 1. The smallest absolute Gasteiger partial charge is 0.313 e. The SMILES string of the molecule is O=c1[nH]c2ncccc2n1C1=CCNCC1. The van der Waals surface area contributed by atoms with Gasteiger partial charge < -0.3 is 5.32 Å². The number of fused-ring (bicyclic) bond motifs is 1. The third-order valence-electron chi connectivity index (χ3n) is 2.78. The van der Waals surface area contributed by atoms with Gasteiger partial charge in [0.05, 0.1) is 5.52 Å². The second kappa shape index (κ2) is 3.61. The second-order valence-corrected chi connectivity index (χ2v) is 3.79. The van der Waals surface area contributed by atoms with Crippen molar-refractivity contribution >= 4 is 16.9 Å². The molecule has 0 aromatic carbocycles. The number of H-pyrrole nitrogens is 1. The summed E-state index contributed by atoms with van der Waals surface area (Å²) in [7, 11) is 0. The zero-order valence-corrected chi connectivity index (χ0v) is 8.73. The van der Waals surface area contributed by atoms with E-state index in [1.807, 2.05) is 18.2 Å². The summed E-state index contributed by atoms with van der Waals surface area (Å²) in [6, 6.07) is 3.75. The van der Waals surface area contributed by atoms with Gasteiger partial charge in [-0.05, 0) is 12.1 Å². The fourth-order valence-electron chi connectivity index (χ4n) is 2.04. The molecular weight excluding hydrogens is 204 g/mol. The van der Waals surface area contributed by atoms with Gasteiger partial charge in [-0.15, -0.1) is 0 Å². The Morgan fingerprint density at radius 2 is 2.38 bits per heavy atom. The number of imidazole rings is 1. The summed E-state index contributed by atoms with van der Waals surface area (Å²) in [4.78, 5) is 18.7. The van der Waals surface area contributed by atoms with Crippen LogP contribution in [0.1, 0.15) is 6.42 Å². The molecule has 1 aliphatic heterocycles. The molecule has 3 rings (SSSR count). The molecule has 2 N–H and O–H groups in total. The first kappa shape index (κ1) is 9.35. The number of nitrogens with one attached hydrogen (secondary N) is 2. The maximum absolute atomic E-state index is 11.8. The van der Waals surface area contributed by atoms with Crippen molar-refractivity contribution in [3.63, 3.8) is 0 Å². The van der Waals surface area contributed by atoms with Crippen LogP contribution in [0.5, 0.6) is 0 Å². The monoisotopic (exact) mass is 216 g/mol. The Balaban J connectivity index is 2.26. The maximum Gasteiger partial charge on any atom is 0.332 e. The zero-order chi connectivity index (χ0) is 11.0. The quantitative estimate of drug-likeness (QED) is 0.732. The largest absolute Gasteiger partial charge is 0.332 e. The molecule has 2 aromatic rings. The van der Waals surface area contributed by atoms with Gasteiger partial charge in [0.25, 0.3) is 0 Å². The van der Waals surface area contributed by atoms with Gasteiger partial charge in [0.2, 0.25) is 0 Å². The lowest BCUT2D eigenvalue weighted by Gasteiger charge is -2.14. The second-order valence-electron chi connectivity index (χ2n) is 3.79. The van der Waals surface area contributed by atoms with Gasteiger partial charge in [0, 0.05) is 31.4 Å². The van der Waals surface area contributed by atoms with Crippen LogP contribution in [-0.2, 0) is 0 Å². The minimum absolute atomic E-state index is 0.109. The van der Waals surface area contributed by atoms with E-state index in [2.05, 4.69) is 15.3 Å². The molecule has 0 saturated heterocycles. The summed E-state index contributed by atoms with van der Waals surface area (Å²) in [6.07, 6.45) is 4.59. The molecule has 2 aromatic heterocycles. The number of hydrogen-bond acceptors (Lipinski definition) is 3. The molecule has 1 aliphatic rings. The fraction of sp³-hybridized carbons (Fsp3) is 0.273. The van der Waals surface area contributed by atoms with Crippen LogP contribution in [0.4, 0.5) is 0 Å². The highest BCUT2D eigenvalue weighted by molar-refractivity contribution is 5.75. The lowest BCUT2D eigenvalue weighted by atomic mass is 10.2. The molecule has 0 saturated carbocycles. The standard InChI is InChI=1S/C11H12N4O/c16-11-14-10-9(2-1-5-13-10)15(11)8-3-6-12-7-4-8/h1-3,5,12H,4,6-7H2,(H,13,14,16). The Hall–Kier alpha value is -1.88. The Kier molecular flexibility index (Phi) is 2.11. The predicted octanol–water partition coefficient (Wildman–Crippen LogP) is 0.559. The van der Waals surface area contributed by atoms with Gasteiger partial charge in [-0.2, -0.15) is 0 Å². The van der Waals surface area contributed by atoms with E-state index >= 15 is 0 Å². The lowest BCUT2D eigenvalue weighted by Crippen LogP contribution is -2.25. The first-order chi connectivity index (χ1) is 7.86. The Bertz CT molecular complexity index is 608. The van der Waals surface area contributed by atoms with Gasteiger partial charge in [-0.1, -0.05) is 6.08 Å². The van der Waals surface area contributed by atoms with Crippen molar-refractivity contribution in [1.82, 2.24) is 19.9 Å². The van der Waals surface area contributed by atoms with E-state index < -0.39 is 0 Å². The molecule has 16 heavy (non-hydrogen) atoms. The third kappa shape index (κ3) is 1.37. The number of aromatic nitrogens is 3. The summed E-state index contributed by atoms with van der Waals surface area (Å²) in [5, 5.41) is 3.23. The van der Waals surface area contributed by atoms with E-state index in [9.17, 15) is 4.79 Å². The highest BCUT2D eigenvalue weighted by atomic mass is 16.1. The van der Waals surface area contributed by atoms with Gasteiger partial charge in [-0.3, -0.25) is 9.55 Å². The molecule has 0 bridgehead atoms. The molecule has 0 aliphatic carbocycles. The van der Waals surface area contributed by atoms with E-state index in [4.69, 9.17) is 0 Å². The molecule has 0 radical (unpaired) electrons. The molecule has 5 heteroatoms. The normalized spacial score (nSPS) is 16.4. The van der Waals surface area contributed by atoms with Crippen LogP contribution in [0.15, 0.2) is 29.2 Å². The van der Waals surface area contributed by atoms with Crippen molar-refractivity contribution in [2.24, 2.45) is 0 Å². The van der Waals surface area contributed by atoms with Crippen LogP contribution < -0.4 is 11.0 Å². The molecule has 0 spiro atoms. The van der Waals surface area contributed by atoms with E-state index in [-0.39, 0.29) is 5.69 Å². The highest BCUT2D eigenvalue weighted by Gasteiger charge is 2.12. The van der Waals surface area contributed by atoms with Gasteiger partial charge in [0.15, 0.2) is 5.65 Å². The summed E-state index contributed by atoms with van der Waals surface area (Å²) in [5.74, 6) is 0. The first-order valence-electron chi connectivity index (χ1n) is 5.32. The zero-order valence-electron chi connectivity index (χ0n) is 8.73. The number of pyridine rings is 1. The summed E-state index contributed by atoms with van der Waals surface area (Å²) < 4.78 is 1.71. The number of nitrogens with zero attached hydrogens (tertiary/aromatic N) is 2. The van der Waals surface area contributed by atoms with Crippen LogP contribution in [0.25, 0.3) is 16.9 Å². The van der Waals surface area contributed by atoms with E-state index in [1.54, 1.807) is 10.8 Å². The number of hydrogen-bond donors (Lipinski definition) is 2. The van der Waals surface area contributed by atoms with Crippen molar-refractivity contribution in [1.29, 1.82) is 0 Å². The molecule has 3 heterocycles. The molecule has 0 atom stereocenters. The summed E-state index contributed by atoms with van der Waals surface area (Å²) in [5.41, 5.74) is 2.43. The van der Waals surface area contributed by atoms with Crippen molar-refractivity contribution in [2.45, 2.75) is 6.42 Å². The van der Waals surface area contributed by atoms with Crippen LogP contribution in [0.3, 0.4) is 0 Å². The highest BCUT2D eigenvalue weighted by Crippen LogP contribution is 2.15. The maximum atomic E-state index is 11.8. The summed E-state index contributed by atoms with van der Waals surface area (Å²) >= 11 is 0. The minimum Gasteiger partial charge on any atom is -0.313 e. The lowest BCUT2D eigenvalue weighted by molar-refractivity contribution is 0.716. The first-order valence-corrected chi connectivity index (χ1v) is 5.32. The van der Waals surface area contributed by atoms with Crippen LogP contribution in [0.2, 0.25) is 0 Å². The van der Waals surface area contributed by atoms with Crippen LogP contribution >= 0.6 is 0 Å². The Labute approximate surface area is 91.8 Å². The number of rotatable bonds is 1. The van der Waals surface area contributed by atoms with Crippen molar-refractivity contribution in [3.8, 4) is 0 Å². The summed E-state index contributed by atoms with van der Waals surface area (Å²) in [6.45, 7) is 1.72. The molecule has 82 valence electrons. The molecule has 0 unspecified atom stereocenters. The van der Waals surface area contributed by atoms with Gasteiger partial charge >= 0.3 is 5.69 Å². The van der Waals surface area contributed by atoms with E-state index in [1.165, 1.54) is 0 Å². The van der Waals surface area contributed by atoms with Crippen LogP contribution in [0, 0.1) is 0 Å². The molecular formula is C11H12N4O. The van der Waals surface area contributed by atoms with E-state index in [0.717, 1.165) is 30.7 Å². The van der Waals surface area contributed by atoms with Crippen molar-refractivity contribution < 1.29 is 0 Å². The fourth-order valence-corrected chi connectivity index (χ4v) is 2.04. The molecule has 5 nitrogen and oxygen atoms in total. The van der Waals surface area contributed by atoms with Gasteiger partial charge in [-0.25, -0.2) is 9.78 Å². The molecule has 0 fully saturated rings. The molecule has 0 amide bonds.